The predicted octanol–water partition coefficient (Wildman–Crippen LogP) is 16.9. The maximum absolute atomic E-state index is 7.07. The van der Waals surface area contributed by atoms with Crippen molar-refractivity contribution >= 4 is 87.1 Å². The fraction of sp³-hybridized carbons (Fsp3) is 0. The molecule has 0 unspecified atom stereocenters. The van der Waals surface area contributed by atoms with E-state index in [0.717, 1.165) is 99.4 Å². The minimum atomic E-state index is 0.535. The Morgan fingerprint density at radius 3 is 1.75 bits per heavy atom. The molecule has 0 aliphatic rings. The van der Waals surface area contributed by atoms with Crippen molar-refractivity contribution in [2.75, 3.05) is 0 Å². The topological polar surface area (TPSA) is 61.7 Å². The number of furan rings is 1. The summed E-state index contributed by atoms with van der Waals surface area (Å²) in [7, 11) is 0. The van der Waals surface area contributed by atoms with Crippen LogP contribution in [0.4, 0.5) is 0 Å². The molecule has 0 radical (unpaired) electrons. The third-order valence-electron chi connectivity index (χ3n) is 14.3. The first-order chi connectivity index (χ1) is 35.2. The number of para-hydroxylation sites is 3. The highest BCUT2D eigenvalue weighted by Gasteiger charge is 2.26. The first-order valence-corrected chi connectivity index (χ1v) is 24.0. The number of benzene rings is 11. The van der Waals surface area contributed by atoms with E-state index in [2.05, 4.69) is 234 Å². The summed E-state index contributed by atoms with van der Waals surface area (Å²) in [5.74, 6) is 1.67. The molecule has 15 rings (SSSR count). The van der Waals surface area contributed by atoms with Gasteiger partial charge < -0.3 is 13.6 Å². The zero-order valence-electron chi connectivity index (χ0n) is 38.2. The Kier molecular flexibility index (Phi) is 8.56. The maximum atomic E-state index is 7.07. The fourth-order valence-corrected chi connectivity index (χ4v) is 11.1. The zero-order chi connectivity index (χ0) is 46.6. The SMILES string of the molecule is c1ccc(-c2cccc(-c3nc(-c4ccc5c6ccccc6n(-c6ccccc6)c5c4)nc(-c4ccc5c(oc6ccccc65)c4-n4c5cc6ccccc6cc5c5c6ccccc6ccc54)n3)c2)cc1. The molecule has 4 heterocycles. The highest BCUT2D eigenvalue weighted by atomic mass is 16.3. The molecular formula is C65H39N5O. The van der Waals surface area contributed by atoms with Crippen molar-refractivity contribution in [3.05, 3.63) is 237 Å². The van der Waals surface area contributed by atoms with Gasteiger partial charge in [-0.3, -0.25) is 0 Å². The molecule has 71 heavy (non-hydrogen) atoms. The summed E-state index contributed by atoms with van der Waals surface area (Å²) in [6.45, 7) is 0. The summed E-state index contributed by atoms with van der Waals surface area (Å²) in [4.78, 5) is 16.4. The van der Waals surface area contributed by atoms with Crippen LogP contribution >= 0.6 is 0 Å². The predicted molar refractivity (Wildman–Crippen MR) is 293 cm³/mol. The minimum Gasteiger partial charge on any atom is -0.454 e. The molecule has 11 aromatic carbocycles. The molecule has 0 spiro atoms. The van der Waals surface area contributed by atoms with Gasteiger partial charge in [-0.1, -0.05) is 170 Å². The highest BCUT2D eigenvalue weighted by molar-refractivity contribution is 6.24. The second-order valence-electron chi connectivity index (χ2n) is 18.3. The molecule has 0 atom stereocenters. The number of rotatable bonds is 6. The summed E-state index contributed by atoms with van der Waals surface area (Å²) in [5, 5.41) is 11.4. The quantitative estimate of drug-likeness (QED) is 0.167. The van der Waals surface area contributed by atoms with Gasteiger partial charge in [0, 0.05) is 54.7 Å². The smallest absolute Gasteiger partial charge is 0.166 e. The lowest BCUT2D eigenvalue weighted by Gasteiger charge is -2.16. The van der Waals surface area contributed by atoms with E-state index in [1.807, 2.05) is 12.1 Å². The zero-order valence-corrected chi connectivity index (χ0v) is 38.2. The van der Waals surface area contributed by atoms with Crippen molar-refractivity contribution in [3.8, 4) is 56.7 Å². The van der Waals surface area contributed by atoms with Gasteiger partial charge in [0.25, 0.3) is 0 Å². The van der Waals surface area contributed by atoms with Crippen LogP contribution in [-0.4, -0.2) is 24.1 Å². The number of fused-ring (bicyclic) bond motifs is 12. The van der Waals surface area contributed by atoms with E-state index in [4.69, 9.17) is 19.4 Å². The fourth-order valence-electron chi connectivity index (χ4n) is 11.1. The van der Waals surface area contributed by atoms with Crippen molar-refractivity contribution in [2.45, 2.75) is 0 Å². The summed E-state index contributed by atoms with van der Waals surface area (Å²) < 4.78 is 11.8. The lowest BCUT2D eigenvalue weighted by molar-refractivity contribution is 0.666. The summed E-state index contributed by atoms with van der Waals surface area (Å²) in [6.07, 6.45) is 0. The Hall–Kier alpha value is -9.65. The Morgan fingerprint density at radius 1 is 0.310 bits per heavy atom. The van der Waals surface area contributed by atoms with E-state index in [1.54, 1.807) is 0 Å². The lowest BCUT2D eigenvalue weighted by atomic mass is 10.0. The second-order valence-corrected chi connectivity index (χ2v) is 18.3. The summed E-state index contributed by atoms with van der Waals surface area (Å²) in [6, 6.07) is 83.8. The van der Waals surface area contributed by atoms with E-state index in [9.17, 15) is 0 Å². The number of nitrogens with zero attached hydrogens (tertiary/aromatic N) is 5. The summed E-state index contributed by atoms with van der Waals surface area (Å²) >= 11 is 0. The van der Waals surface area contributed by atoms with Crippen LogP contribution in [0.2, 0.25) is 0 Å². The molecular weight excluding hydrogens is 867 g/mol. The molecule has 0 saturated carbocycles. The minimum absolute atomic E-state index is 0.535. The lowest BCUT2D eigenvalue weighted by Crippen LogP contribution is -2.04. The van der Waals surface area contributed by atoms with Gasteiger partial charge in [-0.15, -0.1) is 0 Å². The Labute approximate surface area is 407 Å². The first-order valence-electron chi connectivity index (χ1n) is 24.0. The summed E-state index contributed by atoms with van der Waals surface area (Å²) in [5.41, 5.74) is 12.6. The molecule has 0 saturated heterocycles. The maximum Gasteiger partial charge on any atom is 0.166 e. The van der Waals surface area contributed by atoms with Crippen LogP contribution in [0.1, 0.15) is 0 Å². The number of aromatic nitrogens is 5. The molecule has 6 nitrogen and oxygen atoms in total. The van der Waals surface area contributed by atoms with E-state index >= 15 is 0 Å². The normalized spacial score (nSPS) is 11.9. The van der Waals surface area contributed by atoms with Crippen molar-refractivity contribution < 1.29 is 4.42 Å². The first kappa shape index (κ1) is 39.4. The molecule has 0 N–H and O–H groups in total. The third kappa shape index (κ3) is 6.11. The average molecular weight is 906 g/mol. The third-order valence-corrected chi connectivity index (χ3v) is 14.3. The average Bonchev–Trinajstić information content (AvgIpc) is 4.10. The van der Waals surface area contributed by atoms with Gasteiger partial charge in [0.1, 0.15) is 11.3 Å². The molecule has 330 valence electrons. The Morgan fingerprint density at radius 2 is 0.915 bits per heavy atom. The van der Waals surface area contributed by atoms with Gasteiger partial charge in [-0.2, -0.15) is 0 Å². The van der Waals surface area contributed by atoms with Gasteiger partial charge in [-0.25, -0.2) is 15.0 Å². The molecule has 4 aromatic heterocycles. The van der Waals surface area contributed by atoms with Gasteiger partial charge in [-0.05, 0) is 99.4 Å². The van der Waals surface area contributed by atoms with Gasteiger partial charge in [0.15, 0.2) is 23.1 Å². The highest BCUT2D eigenvalue weighted by Crippen LogP contribution is 2.45. The van der Waals surface area contributed by atoms with Crippen LogP contribution in [0.25, 0.3) is 144 Å². The number of hydrogen-bond acceptors (Lipinski definition) is 4. The van der Waals surface area contributed by atoms with E-state index in [-0.39, 0.29) is 0 Å². The van der Waals surface area contributed by atoms with Crippen LogP contribution < -0.4 is 0 Å². The molecule has 6 heteroatoms. The van der Waals surface area contributed by atoms with E-state index in [0.29, 0.717) is 17.5 Å². The second kappa shape index (κ2) is 15.4. The van der Waals surface area contributed by atoms with E-state index < -0.39 is 0 Å². The Bertz CT molecular complexity index is 4640. The van der Waals surface area contributed by atoms with Crippen molar-refractivity contribution in [2.24, 2.45) is 0 Å². The molecule has 0 fully saturated rings. The van der Waals surface area contributed by atoms with Crippen LogP contribution in [0.5, 0.6) is 0 Å². The van der Waals surface area contributed by atoms with E-state index in [1.165, 1.54) is 26.9 Å². The van der Waals surface area contributed by atoms with Crippen LogP contribution in [0.15, 0.2) is 241 Å². The molecule has 0 bridgehead atoms. The molecule has 0 aliphatic carbocycles. The van der Waals surface area contributed by atoms with Crippen molar-refractivity contribution in [1.29, 1.82) is 0 Å². The molecule has 0 amide bonds. The van der Waals surface area contributed by atoms with Crippen LogP contribution in [0.3, 0.4) is 0 Å². The van der Waals surface area contributed by atoms with Crippen LogP contribution in [-0.2, 0) is 0 Å². The van der Waals surface area contributed by atoms with Crippen molar-refractivity contribution in [3.63, 3.8) is 0 Å². The van der Waals surface area contributed by atoms with Gasteiger partial charge in [0.2, 0.25) is 0 Å². The van der Waals surface area contributed by atoms with Crippen molar-refractivity contribution in [1.82, 2.24) is 24.1 Å². The Balaban J connectivity index is 1.06. The standard InChI is InChI=1S/C65H39N5O/c1-3-16-40(17-4-1)42-21-15-22-45(36-42)63-66-64(46-30-32-50-49-26-11-13-28-55(49)69(57(50)39-46)47-23-5-2-6-24-47)68-65(67-63)53-34-33-52-51-27-12-14-29-59(51)71-62(52)61(53)70-56-35-31-41-18-9-10-25-48(41)60(56)54-37-43-19-7-8-20-44(43)38-58(54)70/h1-39H. The van der Waals surface area contributed by atoms with Crippen LogP contribution in [0, 0.1) is 0 Å². The number of hydrogen-bond donors (Lipinski definition) is 0. The largest absolute Gasteiger partial charge is 0.454 e. The molecule has 15 aromatic rings. The van der Waals surface area contributed by atoms with Gasteiger partial charge >= 0.3 is 0 Å². The van der Waals surface area contributed by atoms with Gasteiger partial charge in [0.05, 0.1) is 22.1 Å². The monoisotopic (exact) mass is 905 g/mol. The molecule has 0 aliphatic heterocycles.